The number of unbranched alkanes of at least 4 members (excludes halogenated alkanes) is 1. The van der Waals surface area contributed by atoms with Gasteiger partial charge in [-0.3, -0.25) is 9.69 Å². The Bertz CT molecular complexity index is 1010. The molecule has 0 atom stereocenters. The normalized spacial score (nSPS) is 14.0. The van der Waals surface area contributed by atoms with Crippen LogP contribution in [0.3, 0.4) is 0 Å². The lowest BCUT2D eigenvalue weighted by Crippen LogP contribution is -2.46. The Balaban J connectivity index is 0.00000324. The standard InChI is InChI=1S/C26H33F3N2O3.2ClH/c1-18-16-24(19(2)20(3)25(18)34-21(4)32)33-15-6-5-10-30-11-13-31(14-12-30)23-9-7-8-22(17-23)26(27,28)29;;/h7-9,16-17H,5-6,10-15H2,1-4H3;2*1H. The molecule has 1 aliphatic rings. The van der Waals surface area contributed by atoms with Crippen LogP contribution < -0.4 is 14.4 Å². The van der Waals surface area contributed by atoms with Gasteiger partial charge in [0.1, 0.15) is 11.5 Å². The van der Waals surface area contributed by atoms with E-state index >= 15 is 0 Å². The molecule has 10 heteroatoms. The summed E-state index contributed by atoms with van der Waals surface area (Å²) in [5.74, 6) is 1.07. The van der Waals surface area contributed by atoms with Gasteiger partial charge in [0.25, 0.3) is 0 Å². The quantitative estimate of drug-likeness (QED) is 0.216. The van der Waals surface area contributed by atoms with Crippen LogP contribution in [0.4, 0.5) is 18.9 Å². The van der Waals surface area contributed by atoms with Gasteiger partial charge in [-0.2, -0.15) is 13.2 Å². The second-order valence-electron chi connectivity index (χ2n) is 8.80. The topological polar surface area (TPSA) is 42.0 Å². The number of piperazine rings is 1. The van der Waals surface area contributed by atoms with Gasteiger partial charge < -0.3 is 14.4 Å². The molecule has 0 unspecified atom stereocenters. The van der Waals surface area contributed by atoms with Crippen LogP contribution in [-0.2, 0) is 11.0 Å². The van der Waals surface area contributed by atoms with E-state index in [1.54, 1.807) is 6.07 Å². The highest BCUT2D eigenvalue weighted by Gasteiger charge is 2.31. The molecule has 0 radical (unpaired) electrons. The van der Waals surface area contributed by atoms with Crippen molar-refractivity contribution in [3.63, 3.8) is 0 Å². The van der Waals surface area contributed by atoms with Crippen molar-refractivity contribution in [2.75, 3.05) is 44.2 Å². The van der Waals surface area contributed by atoms with E-state index in [2.05, 4.69) is 4.90 Å². The number of esters is 1. The van der Waals surface area contributed by atoms with E-state index in [1.165, 1.54) is 19.1 Å². The SMILES string of the molecule is CC(=O)Oc1c(C)cc(OCCCCN2CCN(c3cccc(C(F)(F)F)c3)CC2)c(C)c1C.Cl.Cl. The zero-order chi connectivity index (χ0) is 24.9. The Hall–Kier alpha value is -2.16. The molecule has 0 bridgehead atoms. The van der Waals surface area contributed by atoms with Crippen molar-refractivity contribution in [3.8, 4) is 11.5 Å². The van der Waals surface area contributed by atoms with Crippen molar-refractivity contribution < 1.29 is 27.4 Å². The van der Waals surface area contributed by atoms with Crippen LogP contribution in [0.25, 0.3) is 0 Å². The Kier molecular flexibility index (Phi) is 12.4. The van der Waals surface area contributed by atoms with E-state index in [0.717, 1.165) is 61.0 Å². The van der Waals surface area contributed by atoms with E-state index in [1.807, 2.05) is 31.7 Å². The number of halogens is 5. The minimum Gasteiger partial charge on any atom is -0.493 e. The largest absolute Gasteiger partial charge is 0.493 e. The van der Waals surface area contributed by atoms with Crippen molar-refractivity contribution in [2.24, 2.45) is 0 Å². The van der Waals surface area contributed by atoms with Gasteiger partial charge in [-0.15, -0.1) is 24.8 Å². The van der Waals surface area contributed by atoms with Gasteiger partial charge in [0.15, 0.2) is 0 Å². The third kappa shape index (κ3) is 8.46. The Morgan fingerprint density at radius 2 is 1.64 bits per heavy atom. The second kappa shape index (κ2) is 14.0. The summed E-state index contributed by atoms with van der Waals surface area (Å²) in [6.07, 6.45) is -2.44. The predicted molar refractivity (Wildman–Crippen MR) is 141 cm³/mol. The number of carbonyl (C=O) groups excluding carboxylic acids is 1. The number of rotatable bonds is 8. The Morgan fingerprint density at radius 3 is 2.25 bits per heavy atom. The highest BCUT2D eigenvalue weighted by atomic mass is 35.5. The van der Waals surface area contributed by atoms with Gasteiger partial charge in [-0.05, 0) is 81.1 Å². The average molecular weight is 551 g/mol. The first-order valence-corrected chi connectivity index (χ1v) is 11.6. The first-order valence-electron chi connectivity index (χ1n) is 11.6. The summed E-state index contributed by atoms with van der Waals surface area (Å²) in [4.78, 5) is 15.7. The van der Waals surface area contributed by atoms with Gasteiger partial charge in [0.2, 0.25) is 0 Å². The van der Waals surface area contributed by atoms with E-state index in [0.29, 0.717) is 31.1 Å². The highest BCUT2D eigenvalue weighted by molar-refractivity contribution is 5.85. The lowest BCUT2D eigenvalue weighted by molar-refractivity contribution is -0.137. The molecular formula is C26H35Cl2F3N2O3. The summed E-state index contributed by atoms with van der Waals surface area (Å²) < 4.78 is 50.3. The molecule has 0 N–H and O–H groups in total. The molecular weight excluding hydrogens is 516 g/mol. The van der Waals surface area contributed by atoms with Crippen molar-refractivity contribution in [2.45, 2.75) is 46.7 Å². The smallest absolute Gasteiger partial charge is 0.416 e. The van der Waals surface area contributed by atoms with Crippen LogP contribution >= 0.6 is 24.8 Å². The minimum absolute atomic E-state index is 0. The van der Waals surface area contributed by atoms with Crippen LogP contribution in [0, 0.1) is 20.8 Å². The fraction of sp³-hybridized carbons (Fsp3) is 0.500. The summed E-state index contributed by atoms with van der Waals surface area (Å²) >= 11 is 0. The maximum absolute atomic E-state index is 13.0. The summed E-state index contributed by atoms with van der Waals surface area (Å²) in [5, 5.41) is 0. The average Bonchev–Trinajstić information content (AvgIpc) is 2.79. The maximum atomic E-state index is 13.0. The summed E-state index contributed by atoms with van der Waals surface area (Å²) in [6, 6.07) is 7.47. The molecule has 1 fully saturated rings. The number of nitrogens with zero attached hydrogens (tertiary/aromatic N) is 2. The van der Waals surface area contributed by atoms with Crippen LogP contribution in [0.15, 0.2) is 30.3 Å². The van der Waals surface area contributed by atoms with Crippen molar-refractivity contribution in [1.29, 1.82) is 0 Å². The van der Waals surface area contributed by atoms with Gasteiger partial charge in [-0.1, -0.05) is 6.07 Å². The third-order valence-electron chi connectivity index (χ3n) is 6.26. The third-order valence-corrected chi connectivity index (χ3v) is 6.26. The molecule has 0 aliphatic carbocycles. The Morgan fingerprint density at radius 1 is 0.972 bits per heavy atom. The summed E-state index contributed by atoms with van der Waals surface area (Å²) in [5.41, 5.74) is 2.76. The molecule has 36 heavy (non-hydrogen) atoms. The van der Waals surface area contributed by atoms with Crippen LogP contribution in [0.2, 0.25) is 0 Å². The van der Waals surface area contributed by atoms with Crippen LogP contribution in [0.1, 0.15) is 42.0 Å². The highest BCUT2D eigenvalue weighted by Crippen LogP contribution is 2.34. The number of carbonyl (C=O) groups is 1. The number of aryl methyl sites for hydroxylation is 1. The van der Waals surface area contributed by atoms with E-state index in [9.17, 15) is 18.0 Å². The number of hydrogen-bond donors (Lipinski definition) is 0. The van der Waals surface area contributed by atoms with E-state index < -0.39 is 11.7 Å². The molecule has 0 aromatic heterocycles. The molecule has 2 aromatic carbocycles. The molecule has 1 aliphatic heterocycles. The number of anilines is 1. The maximum Gasteiger partial charge on any atom is 0.416 e. The second-order valence-corrected chi connectivity index (χ2v) is 8.80. The van der Waals surface area contributed by atoms with E-state index in [4.69, 9.17) is 9.47 Å². The fourth-order valence-electron chi connectivity index (χ4n) is 4.20. The first-order chi connectivity index (χ1) is 16.1. The predicted octanol–water partition coefficient (Wildman–Crippen LogP) is 6.38. The van der Waals surface area contributed by atoms with Gasteiger partial charge in [-0.25, -0.2) is 0 Å². The van der Waals surface area contributed by atoms with Crippen LogP contribution in [-0.4, -0.2) is 50.2 Å². The summed E-state index contributed by atoms with van der Waals surface area (Å²) in [6.45, 7) is 11.8. The molecule has 0 spiro atoms. The van der Waals surface area contributed by atoms with Gasteiger partial charge in [0, 0.05) is 38.8 Å². The monoisotopic (exact) mass is 550 g/mol. The number of hydrogen-bond acceptors (Lipinski definition) is 5. The first kappa shape index (κ1) is 31.9. The minimum atomic E-state index is -4.32. The molecule has 5 nitrogen and oxygen atoms in total. The van der Waals surface area contributed by atoms with Gasteiger partial charge in [0.05, 0.1) is 12.2 Å². The van der Waals surface area contributed by atoms with Crippen molar-refractivity contribution in [1.82, 2.24) is 4.90 Å². The van der Waals surface area contributed by atoms with E-state index in [-0.39, 0.29) is 30.8 Å². The molecule has 1 saturated heterocycles. The van der Waals surface area contributed by atoms with Crippen molar-refractivity contribution in [3.05, 3.63) is 52.6 Å². The van der Waals surface area contributed by atoms with Gasteiger partial charge >= 0.3 is 12.1 Å². The molecule has 202 valence electrons. The lowest BCUT2D eigenvalue weighted by atomic mass is 10.0. The number of alkyl halides is 3. The molecule has 2 aromatic rings. The molecule has 0 amide bonds. The lowest BCUT2D eigenvalue weighted by Gasteiger charge is -2.36. The number of benzene rings is 2. The number of ether oxygens (including phenoxy) is 2. The van der Waals surface area contributed by atoms with Crippen molar-refractivity contribution >= 4 is 36.5 Å². The molecule has 1 heterocycles. The molecule has 0 saturated carbocycles. The zero-order valence-electron chi connectivity index (χ0n) is 21.1. The Labute approximate surface area is 223 Å². The fourth-order valence-corrected chi connectivity index (χ4v) is 4.20. The zero-order valence-corrected chi connectivity index (χ0v) is 22.7. The summed E-state index contributed by atoms with van der Waals surface area (Å²) in [7, 11) is 0. The van der Waals surface area contributed by atoms with Crippen LogP contribution in [0.5, 0.6) is 11.5 Å². The molecule has 3 rings (SSSR count).